The number of fused-ring (bicyclic) bond motifs is 1. The van der Waals surface area contributed by atoms with E-state index in [-0.39, 0.29) is 6.09 Å². The van der Waals surface area contributed by atoms with Gasteiger partial charge in [-0.25, -0.2) is 9.78 Å². The van der Waals surface area contributed by atoms with E-state index in [2.05, 4.69) is 39.7 Å². The number of rotatable bonds is 4. The zero-order valence-corrected chi connectivity index (χ0v) is 21.7. The largest absolute Gasteiger partial charge is 0.493 e. The summed E-state index contributed by atoms with van der Waals surface area (Å²) in [7, 11) is 1.85. The van der Waals surface area contributed by atoms with E-state index in [0.717, 1.165) is 66.4 Å². The Morgan fingerprint density at radius 3 is 2.69 bits per heavy atom. The number of hydrogen-bond donors (Lipinski definition) is 2. The lowest BCUT2D eigenvalue weighted by Gasteiger charge is -2.26. The van der Waals surface area contributed by atoms with Gasteiger partial charge in [-0.2, -0.15) is 4.98 Å². The molecule has 0 saturated heterocycles. The Labute approximate surface area is 208 Å². The van der Waals surface area contributed by atoms with Gasteiger partial charge < -0.3 is 25.0 Å². The quantitative estimate of drug-likeness (QED) is 0.588. The first kappa shape index (κ1) is 24.8. The van der Waals surface area contributed by atoms with Crippen LogP contribution in [-0.2, 0) is 11.2 Å². The molecule has 4 rings (SSSR count). The van der Waals surface area contributed by atoms with Gasteiger partial charge in [-0.15, -0.1) is 0 Å². The molecule has 2 aliphatic heterocycles. The van der Waals surface area contributed by atoms with Crippen LogP contribution >= 0.6 is 0 Å². The molecule has 0 bridgehead atoms. The van der Waals surface area contributed by atoms with Crippen molar-refractivity contribution in [1.82, 2.24) is 14.9 Å². The van der Waals surface area contributed by atoms with Crippen molar-refractivity contribution in [3.63, 3.8) is 0 Å². The second-order valence-corrected chi connectivity index (χ2v) is 10.2. The van der Waals surface area contributed by atoms with Crippen molar-refractivity contribution in [1.29, 1.82) is 0 Å². The minimum absolute atomic E-state index is 0.266. The number of anilines is 3. The zero-order valence-electron chi connectivity index (χ0n) is 21.7. The molecule has 1 aromatic carbocycles. The normalized spacial score (nSPS) is 15.9. The van der Waals surface area contributed by atoms with E-state index in [0.29, 0.717) is 19.0 Å². The third kappa shape index (κ3) is 5.86. The molecule has 35 heavy (non-hydrogen) atoms. The lowest BCUT2D eigenvalue weighted by atomic mass is 9.90. The van der Waals surface area contributed by atoms with Crippen molar-refractivity contribution in [2.75, 3.05) is 37.4 Å². The average Bonchev–Trinajstić information content (AvgIpc) is 3.04. The fourth-order valence-electron chi connectivity index (χ4n) is 4.58. The highest BCUT2D eigenvalue weighted by atomic mass is 16.6. The summed E-state index contributed by atoms with van der Waals surface area (Å²) in [5, 5.41) is 6.55. The van der Waals surface area contributed by atoms with Gasteiger partial charge in [-0.1, -0.05) is 6.08 Å². The molecule has 188 valence electrons. The molecule has 1 aromatic heterocycles. The van der Waals surface area contributed by atoms with Crippen molar-refractivity contribution in [2.24, 2.45) is 0 Å². The van der Waals surface area contributed by atoms with E-state index in [1.54, 1.807) is 4.90 Å². The van der Waals surface area contributed by atoms with Gasteiger partial charge in [0.25, 0.3) is 0 Å². The first-order valence-corrected chi connectivity index (χ1v) is 12.4. The fraction of sp³-hybridized carbons (Fsp3) is 0.519. The van der Waals surface area contributed by atoms with E-state index in [4.69, 9.17) is 9.47 Å². The van der Waals surface area contributed by atoms with Crippen molar-refractivity contribution < 1.29 is 14.3 Å². The molecule has 2 N–H and O–H groups in total. The highest BCUT2D eigenvalue weighted by Gasteiger charge is 2.26. The van der Waals surface area contributed by atoms with Crippen LogP contribution in [0.3, 0.4) is 0 Å². The molecule has 0 unspecified atom stereocenters. The maximum absolute atomic E-state index is 12.7. The molecule has 0 aliphatic carbocycles. The molecule has 0 fully saturated rings. The molecule has 1 amide bonds. The summed E-state index contributed by atoms with van der Waals surface area (Å²) in [5.41, 5.74) is 5.97. The Hall–Kier alpha value is -3.29. The third-order valence-corrected chi connectivity index (χ3v) is 6.21. The van der Waals surface area contributed by atoms with Crippen LogP contribution in [0.15, 0.2) is 18.2 Å². The van der Waals surface area contributed by atoms with E-state index in [1.807, 2.05) is 40.8 Å². The molecule has 0 saturated carbocycles. The monoisotopic (exact) mass is 479 g/mol. The number of carbonyl (C=O) groups is 1. The van der Waals surface area contributed by atoms with Crippen LogP contribution in [-0.4, -0.2) is 53.3 Å². The number of carbonyl (C=O) groups excluding carboxylic acids is 1. The van der Waals surface area contributed by atoms with Crippen molar-refractivity contribution in [2.45, 2.75) is 65.9 Å². The Balaban J connectivity index is 1.69. The highest BCUT2D eigenvalue weighted by Crippen LogP contribution is 2.42. The standard InChI is InChI=1S/C27H37N5O3/c1-17-15-22(28-6)31-25(29-17)30-21-16-20-10-8-14-34-24(20)23(18(21)2)19-9-7-12-32(13-11-19)26(33)35-27(3,4)5/h11,15-16H,7-10,12-14H2,1-6H3,(H2,28,29,30,31). The number of allylic oxidation sites excluding steroid dienone is 1. The number of nitrogens with zero attached hydrogens (tertiary/aromatic N) is 3. The number of amides is 1. The number of nitrogens with one attached hydrogen (secondary N) is 2. The first-order valence-electron chi connectivity index (χ1n) is 12.4. The van der Waals surface area contributed by atoms with Crippen molar-refractivity contribution in [3.8, 4) is 5.75 Å². The van der Waals surface area contributed by atoms with Gasteiger partial charge in [0.2, 0.25) is 5.95 Å². The number of aryl methyl sites for hydroxylation is 2. The van der Waals surface area contributed by atoms with Crippen LogP contribution in [0.2, 0.25) is 0 Å². The lowest BCUT2D eigenvalue weighted by Crippen LogP contribution is -2.37. The maximum atomic E-state index is 12.7. The van der Waals surface area contributed by atoms with Gasteiger partial charge in [0.05, 0.1) is 6.61 Å². The van der Waals surface area contributed by atoms with Gasteiger partial charge in [0.15, 0.2) is 0 Å². The molecule has 0 radical (unpaired) electrons. The van der Waals surface area contributed by atoms with Gasteiger partial charge in [-0.05, 0) is 83.1 Å². The van der Waals surface area contributed by atoms with E-state index >= 15 is 0 Å². The van der Waals surface area contributed by atoms with Gasteiger partial charge in [-0.3, -0.25) is 0 Å². The van der Waals surface area contributed by atoms with Crippen LogP contribution in [0.5, 0.6) is 5.75 Å². The van der Waals surface area contributed by atoms with E-state index in [1.165, 1.54) is 11.1 Å². The van der Waals surface area contributed by atoms with E-state index in [9.17, 15) is 4.79 Å². The van der Waals surface area contributed by atoms with Crippen LogP contribution in [0, 0.1) is 13.8 Å². The fourth-order valence-corrected chi connectivity index (χ4v) is 4.58. The summed E-state index contributed by atoms with van der Waals surface area (Å²) in [6.45, 7) is 11.7. The molecular weight excluding hydrogens is 442 g/mol. The zero-order chi connectivity index (χ0) is 25.2. The lowest BCUT2D eigenvalue weighted by molar-refractivity contribution is 0.0273. The van der Waals surface area contributed by atoms with Gasteiger partial charge in [0, 0.05) is 43.1 Å². The summed E-state index contributed by atoms with van der Waals surface area (Å²) in [5.74, 6) is 2.30. The van der Waals surface area contributed by atoms with Crippen molar-refractivity contribution >= 4 is 29.1 Å². The molecule has 0 atom stereocenters. The molecule has 8 heteroatoms. The molecule has 8 nitrogen and oxygen atoms in total. The Bertz CT molecular complexity index is 1140. The summed E-state index contributed by atoms with van der Waals surface area (Å²) in [6.07, 6.45) is 5.57. The number of ether oxygens (including phenoxy) is 2. The second kappa shape index (κ2) is 10.1. The topological polar surface area (TPSA) is 88.6 Å². The molecule has 0 spiro atoms. The molecule has 2 aliphatic rings. The minimum Gasteiger partial charge on any atom is -0.493 e. The summed E-state index contributed by atoms with van der Waals surface area (Å²) in [6, 6.07) is 4.08. The van der Waals surface area contributed by atoms with Crippen LogP contribution in [0.1, 0.15) is 62.4 Å². The third-order valence-electron chi connectivity index (χ3n) is 6.21. The average molecular weight is 480 g/mol. The summed E-state index contributed by atoms with van der Waals surface area (Å²) in [4.78, 5) is 23.6. The smallest absolute Gasteiger partial charge is 0.410 e. The molecular formula is C27H37N5O3. The predicted octanol–water partition coefficient (Wildman–Crippen LogP) is 5.62. The molecule has 2 aromatic rings. The predicted molar refractivity (Wildman–Crippen MR) is 140 cm³/mol. The SMILES string of the molecule is CNc1cc(C)nc(Nc2cc3c(c(C4=CCN(C(=O)OC(C)(C)C)CCC4)c2C)OCCC3)n1. The van der Waals surface area contributed by atoms with Crippen LogP contribution in [0.4, 0.5) is 22.2 Å². The van der Waals surface area contributed by atoms with Gasteiger partial charge in [0.1, 0.15) is 17.2 Å². The second-order valence-electron chi connectivity index (χ2n) is 10.2. The Kier molecular flexibility index (Phi) is 7.19. The first-order chi connectivity index (χ1) is 16.6. The van der Waals surface area contributed by atoms with Crippen molar-refractivity contribution in [3.05, 3.63) is 40.6 Å². The Morgan fingerprint density at radius 2 is 1.94 bits per heavy atom. The summed E-state index contributed by atoms with van der Waals surface area (Å²) < 4.78 is 11.8. The minimum atomic E-state index is -0.509. The van der Waals surface area contributed by atoms with Gasteiger partial charge >= 0.3 is 6.09 Å². The van der Waals surface area contributed by atoms with Crippen LogP contribution < -0.4 is 15.4 Å². The van der Waals surface area contributed by atoms with Crippen LogP contribution in [0.25, 0.3) is 5.57 Å². The van der Waals surface area contributed by atoms with E-state index < -0.39 is 5.60 Å². The number of aromatic nitrogens is 2. The highest BCUT2D eigenvalue weighted by molar-refractivity contribution is 5.81. The summed E-state index contributed by atoms with van der Waals surface area (Å²) >= 11 is 0. The number of hydrogen-bond acceptors (Lipinski definition) is 7. The number of benzene rings is 1. The Morgan fingerprint density at radius 1 is 1.14 bits per heavy atom. The maximum Gasteiger partial charge on any atom is 0.410 e. The molecule has 3 heterocycles.